The lowest BCUT2D eigenvalue weighted by molar-refractivity contribution is -0.159. The molecule has 1 aliphatic carbocycles. The van der Waals surface area contributed by atoms with Gasteiger partial charge in [0.1, 0.15) is 12.4 Å². The molecule has 2 bridgehead atoms. The standard InChI is InChI=1S/C20H26FN3O4/c1-23-7-5-20(28)16-10-13-2-3-14(25)11-15(13)19(20,4-8-24(16)9-6-21)12-17(26)22-18(23)27/h2-3,11,16,25,28H,4-10,12H2,1H3,(H,22,26,27)/t16-,19-,20-/m1/s1. The summed E-state index contributed by atoms with van der Waals surface area (Å²) in [6, 6.07) is 4.21. The van der Waals surface area contributed by atoms with E-state index in [0.717, 1.165) is 11.1 Å². The van der Waals surface area contributed by atoms with Crippen molar-refractivity contribution in [3.05, 3.63) is 29.3 Å². The van der Waals surface area contributed by atoms with Crippen LogP contribution in [0.3, 0.4) is 0 Å². The summed E-state index contributed by atoms with van der Waals surface area (Å²) in [7, 11) is 1.58. The van der Waals surface area contributed by atoms with Crippen molar-refractivity contribution in [1.29, 1.82) is 0 Å². The first-order chi connectivity index (χ1) is 13.3. The van der Waals surface area contributed by atoms with Crippen molar-refractivity contribution in [2.45, 2.75) is 42.7 Å². The zero-order valence-corrected chi connectivity index (χ0v) is 15.9. The summed E-state index contributed by atoms with van der Waals surface area (Å²) in [5.74, 6) is -0.375. The lowest BCUT2D eigenvalue weighted by atomic mass is 9.52. The van der Waals surface area contributed by atoms with E-state index in [1.165, 1.54) is 4.90 Å². The molecule has 8 heteroatoms. The summed E-state index contributed by atoms with van der Waals surface area (Å²) in [4.78, 5) is 28.3. The number of urea groups is 1. The summed E-state index contributed by atoms with van der Waals surface area (Å²) in [5, 5.41) is 24.6. The average molecular weight is 391 g/mol. The maximum absolute atomic E-state index is 13.2. The number of phenolic OH excluding ortho intramolecular Hbond substituents is 1. The third-order valence-electron chi connectivity index (χ3n) is 6.92. The maximum Gasteiger partial charge on any atom is 0.323 e. The largest absolute Gasteiger partial charge is 0.508 e. The minimum atomic E-state index is -1.32. The van der Waals surface area contributed by atoms with E-state index in [4.69, 9.17) is 0 Å². The quantitative estimate of drug-likeness (QED) is 0.697. The van der Waals surface area contributed by atoms with E-state index in [9.17, 15) is 24.2 Å². The van der Waals surface area contributed by atoms with Gasteiger partial charge in [0.05, 0.1) is 5.60 Å². The van der Waals surface area contributed by atoms with Gasteiger partial charge >= 0.3 is 6.03 Å². The zero-order chi connectivity index (χ0) is 20.1. The number of imide groups is 1. The molecule has 0 saturated carbocycles. The lowest BCUT2D eigenvalue weighted by Gasteiger charge is -2.61. The van der Waals surface area contributed by atoms with Crippen LogP contribution < -0.4 is 5.32 Å². The number of amides is 3. The highest BCUT2D eigenvalue weighted by Crippen LogP contribution is 2.55. The Bertz CT molecular complexity index is 819. The Kier molecular flexibility index (Phi) is 4.58. The van der Waals surface area contributed by atoms with E-state index in [1.54, 1.807) is 19.2 Å². The Morgan fingerprint density at radius 2 is 2.07 bits per heavy atom. The number of benzene rings is 1. The normalized spacial score (nSPS) is 33.2. The van der Waals surface area contributed by atoms with Gasteiger partial charge in [0.15, 0.2) is 0 Å². The topological polar surface area (TPSA) is 93.1 Å². The number of piperidine rings is 1. The van der Waals surface area contributed by atoms with Gasteiger partial charge in [0.2, 0.25) is 5.91 Å². The average Bonchev–Trinajstić information content (AvgIpc) is 2.68. The van der Waals surface area contributed by atoms with Gasteiger partial charge < -0.3 is 15.1 Å². The second-order valence-corrected chi connectivity index (χ2v) is 8.24. The van der Waals surface area contributed by atoms with Crippen LogP contribution in [0.5, 0.6) is 5.75 Å². The van der Waals surface area contributed by atoms with Crippen LogP contribution in [0, 0.1) is 0 Å². The van der Waals surface area contributed by atoms with Gasteiger partial charge in [-0.1, -0.05) is 6.07 Å². The number of aliphatic hydroxyl groups is 1. The van der Waals surface area contributed by atoms with Crippen LogP contribution in [0.25, 0.3) is 0 Å². The Balaban J connectivity index is 1.91. The first kappa shape index (κ1) is 19.1. The third kappa shape index (κ3) is 2.69. The number of carbonyl (C=O) groups is 2. The fourth-order valence-electron chi connectivity index (χ4n) is 5.48. The smallest absolute Gasteiger partial charge is 0.323 e. The monoisotopic (exact) mass is 391 g/mol. The van der Waals surface area contributed by atoms with Gasteiger partial charge in [0.25, 0.3) is 0 Å². The molecule has 1 aromatic rings. The fourth-order valence-corrected chi connectivity index (χ4v) is 5.48. The fraction of sp³-hybridized carbons (Fsp3) is 0.600. The summed E-state index contributed by atoms with van der Waals surface area (Å²) in [6.45, 7) is 0.521. The van der Waals surface area contributed by atoms with Crippen molar-refractivity contribution in [3.8, 4) is 5.75 Å². The summed E-state index contributed by atoms with van der Waals surface area (Å²) in [5.41, 5.74) is -0.551. The lowest BCUT2D eigenvalue weighted by Crippen LogP contribution is -2.72. The van der Waals surface area contributed by atoms with Crippen molar-refractivity contribution >= 4 is 11.9 Å². The number of aromatic hydroxyl groups is 1. The first-order valence-electron chi connectivity index (χ1n) is 9.70. The molecule has 0 aromatic heterocycles. The second kappa shape index (κ2) is 6.70. The molecular weight excluding hydrogens is 365 g/mol. The number of fused-ring (bicyclic) bond motifs is 1. The van der Waals surface area contributed by atoms with Crippen LogP contribution in [0.2, 0.25) is 0 Å². The molecule has 3 N–H and O–H groups in total. The van der Waals surface area contributed by atoms with Crippen LogP contribution in [0.4, 0.5) is 9.18 Å². The summed E-state index contributed by atoms with van der Waals surface area (Å²) >= 11 is 0. The molecule has 152 valence electrons. The van der Waals surface area contributed by atoms with E-state index in [1.807, 2.05) is 11.0 Å². The molecule has 28 heavy (non-hydrogen) atoms. The van der Waals surface area contributed by atoms with Gasteiger partial charge in [-0.05, 0) is 49.1 Å². The predicted molar refractivity (Wildman–Crippen MR) is 99.8 cm³/mol. The molecule has 3 aliphatic rings. The number of halogens is 1. The number of phenols is 1. The van der Waals surface area contributed by atoms with Gasteiger partial charge in [0, 0.05) is 38.0 Å². The molecule has 2 heterocycles. The van der Waals surface area contributed by atoms with Crippen LogP contribution in [0.1, 0.15) is 30.4 Å². The molecule has 1 aromatic carbocycles. The zero-order valence-electron chi connectivity index (χ0n) is 15.9. The number of hydrogen-bond donors (Lipinski definition) is 3. The van der Waals surface area contributed by atoms with Crippen LogP contribution in [0.15, 0.2) is 18.2 Å². The van der Waals surface area contributed by atoms with E-state index < -0.39 is 29.6 Å². The highest BCUT2D eigenvalue weighted by molar-refractivity contribution is 5.95. The maximum atomic E-state index is 13.2. The molecule has 0 unspecified atom stereocenters. The first-order valence-corrected chi connectivity index (χ1v) is 9.70. The molecule has 7 nitrogen and oxygen atoms in total. The number of likely N-dealkylation sites (tertiary alicyclic amines) is 1. The Labute approximate surface area is 163 Å². The van der Waals surface area contributed by atoms with Crippen molar-refractivity contribution in [1.82, 2.24) is 15.1 Å². The van der Waals surface area contributed by atoms with Crippen molar-refractivity contribution < 1.29 is 24.2 Å². The molecule has 4 rings (SSSR count). The number of alkyl halides is 1. The van der Waals surface area contributed by atoms with Gasteiger partial charge in [-0.25, -0.2) is 9.18 Å². The van der Waals surface area contributed by atoms with Crippen molar-refractivity contribution in [3.63, 3.8) is 0 Å². The van der Waals surface area contributed by atoms with Crippen LogP contribution >= 0.6 is 0 Å². The summed E-state index contributed by atoms with van der Waals surface area (Å²) < 4.78 is 13.2. The van der Waals surface area contributed by atoms with Gasteiger partial charge in [-0.15, -0.1) is 0 Å². The highest BCUT2D eigenvalue weighted by atomic mass is 19.1. The molecule has 2 saturated heterocycles. The molecule has 2 aliphatic heterocycles. The highest BCUT2D eigenvalue weighted by Gasteiger charge is 2.63. The van der Waals surface area contributed by atoms with E-state index in [-0.39, 0.29) is 37.7 Å². The minimum Gasteiger partial charge on any atom is -0.508 e. The van der Waals surface area contributed by atoms with Gasteiger partial charge in [-0.2, -0.15) is 0 Å². The molecule has 2 fully saturated rings. The molecular formula is C20H26FN3O4. The van der Waals surface area contributed by atoms with E-state index >= 15 is 0 Å². The Morgan fingerprint density at radius 1 is 1.29 bits per heavy atom. The molecule has 3 atom stereocenters. The van der Waals surface area contributed by atoms with Crippen LogP contribution in [-0.4, -0.2) is 77.0 Å². The number of carbonyl (C=O) groups excluding carboxylic acids is 2. The predicted octanol–water partition coefficient (Wildman–Crippen LogP) is 0.923. The van der Waals surface area contributed by atoms with Gasteiger partial charge in [-0.3, -0.25) is 15.0 Å². The minimum absolute atomic E-state index is 0.0561. The van der Waals surface area contributed by atoms with Crippen LogP contribution in [-0.2, 0) is 16.6 Å². The van der Waals surface area contributed by atoms with E-state index in [2.05, 4.69) is 5.32 Å². The molecule has 0 spiro atoms. The van der Waals surface area contributed by atoms with Crippen molar-refractivity contribution in [2.75, 3.05) is 33.4 Å². The number of hydrogen-bond acceptors (Lipinski definition) is 5. The third-order valence-corrected chi connectivity index (χ3v) is 6.92. The Morgan fingerprint density at radius 3 is 2.82 bits per heavy atom. The van der Waals surface area contributed by atoms with E-state index in [0.29, 0.717) is 19.4 Å². The second-order valence-electron chi connectivity index (χ2n) is 8.24. The number of rotatable bonds is 2. The summed E-state index contributed by atoms with van der Waals surface area (Å²) in [6.07, 6.45) is 1.17. The molecule has 0 radical (unpaired) electrons. The molecule has 3 amide bonds. The van der Waals surface area contributed by atoms with Crippen molar-refractivity contribution in [2.24, 2.45) is 0 Å². The number of nitrogens with one attached hydrogen (secondary N) is 1. The number of nitrogens with zero attached hydrogens (tertiary/aromatic N) is 2. The SMILES string of the molecule is CN1CC[C@@]2(O)[C@H]3Cc4ccc(O)cc4[C@@]2(CCN3CCF)CC(=O)NC1=O. The Hall–Kier alpha value is -2.19.